The van der Waals surface area contributed by atoms with E-state index in [4.69, 9.17) is 9.47 Å². The summed E-state index contributed by atoms with van der Waals surface area (Å²) >= 11 is 0. The standard InChI is InChI=1S/C19H17FN2O5/c1-10-6-12-18(21-10)13(20)9-16(19(12)22-24)27-14-5-4-11(7-15(14)25-2)8-17(23)26-3/h4-7,9,21H,8H2,1-3H3. The van der Waals surface area contributed by atoms with Gasteiger partial charge < -0.3 is 19.2 Å². The molecule has 1 aromatic heterocycles. The SMILES string of the molecule is COC(=O)Cc1ccc(Oc2cc(F)c3[nH]c(C)cc3c2N=O)c(OC)c1. The summed E-state index contributed by atoms with van der Waals surface area (Å²) in [5.74, 6) is -0.427. The number of fused-ring (bicyclic) bond motifs is 1. The number of nitrogens with zero attached hydrogens (tertiary/aromatic N) is 1. The number of hydrogen-bond acceptors (Lipinski definition) is 6. The minimum absolute atomic E-state index is 0.0172. The van der Waals surface area contributed by atoms with Gasteiger partial charge in [-0.25, -0.2) is 4.39 Å². The number of ether oxygens (including phenoxy) is 3. The fourth-order valence-electron chi connectivity index (χ4n) is 2.79. The molecule has 1 N–H and O–H groups in total. The van der Waals surface area contributed by atoms with Gasteiger partial charge in [0, 0.05) is 17.1 Å². The van der Waals surface area contributed by atoms with Crippen molar-refractivity contribution in [2.75, 3.05) is 14.2 Å². The zero-order chi connectivity index (χ0) is 19.6. The van der Waals surface area contributed by atoms with Crippen LogP contribution in [0.1, 0.15) is 11.3 Å². The monoisotopic (exact) mass is 372 g/mol. The molecular weight excluding hydrogens is 355 g/mol. The molecule has 140 valence electrons. The molecule has 0 saturated heterocycles. The highest BCUT2D eigenvalue weighted by Crippen LogP contribution is 2.42. The average Bonchev–Trinajstić information content (AvgIpc) is 3.05. The second kappa shape index (κ2) is 7.45. The topological polar surface area (TPSA) is 90.0 Å². The van der Waals surface area contributed by atoms with E-state index in [0.717, 1.165) is 6.07 Å². The van der Waals surface area contributed by atoms with E-state index in [2.05, 4.69) is 14.9 Å². The van der Waals surface area contributed by atoms with Gasteiger partial charge in [-0.2, -0.15) is 0 Å². The maximum absolute atomic E-state index is 14.4. The first-order chi connectivity index (χ1) is 13.0. The molecule has 0 bridgehead atoms. The predicted molar refractivity (Wildman–Crippen MR) is 97.2 cm³/mol. The largest absolute Gasteiger partial charge is 0.493 e. The van der Waals surface area contributed by atoms with Gasteiger partial charge in [0.25, 0.3) is 0 Å². The van der Waals surface area contributed by atoms with E-state index >= 15 is 0 Å². The highest BCUT2D eigenvalue weighted by atomic mass is 19.1. The Hall–Kier alpha value is -3.42. The van der Waals surface area contributed by atoms with Gasteiger partial charge in [-0.1, -0.05) is 6.07 Å². The maximum atomic E-state index is 14.4. The van der Waals surface area contributed by atoms with Crippen LogP contribution in [0.3, 0.4) is 0 Å². The zero-order valence-electron chi connectivity index (χ0n) is 15.0. The number of esters is 1. The minimum atomic E-state index is -0.568. The second-order valence-electron chi connectivity index (χ2n) is 5.88. The summed E-state index contributed by atoms with van der Waals surface area (Å²) in [5, 5.41) is 3.34. The highest BCUT2D eigenvalue weighted by Gasteiger charge is 2.18. The molecule has 0 aliphatic rings. The number of aromatic amines is 1. The van der Waals surface area contributed by atoms with Crippen molar-refractivity contribution in [2.24, 2.45) is 5.18 Å². The number of carbonyl (C=O) groups excluding carboxylic acids is 1. The van der Waals surface area contributed by atoms with Crippen molar-refractivity contribution in [3.05, 3.63) is 52.3 Å². The summed E-state index contributed by atoms with van der Waals surface area (Å²) in [5.41, 5.74) is 1.52. The first-order valence-corrected chi connectivity index (χ1v) is 8.03. The molecule has 0 spiro atoms. The number of benzene rings is 2. The fourth-order valence-corrected chi connectivity index (χ4v) is 2.79. The van der Waals surface area contributed by atoms with Gasteiger partial charge in [0.2, 0.25) is 0 Å². The van der Waals surface area contributed by atoms with Gasteiger partial charge >= 0.3 is 5.97 Å². The van der Waals surface area contributed by atoms with E-state index in [1.54, 1.807) is 31.2 Å². The third-order valence-corrected chi connectivity index (χ3v) is 4.05. The second-order valence-corrected chi connectivity index (χ2v) is 5.88. The van der Waals surface area contributed by atoms with Gasteiger partial charge in [-0.05, 0) is 35.9 Å². The summed E-state index contributed by atoms with van der Waals surface area (Å²) in [7, 11) is 2.74. The van der Waals surface area contributed by atoms with Gasteiger partial charge in [0.15, 0.2) is 28.8 Å². The summed E-state index contributed by atoms with van der Waals surface area (Å²) in [6.07, 6.45) is 0.0670. The van der Waals surface area contributed by atoms with E-state index < -0.39 is 11.8 Å². The Morgan fingerprint density at radius 1 is 1.15 bits per heavy atom. The quantitative estimate of drug-likeness (QED) is 0.507. The highest BCUT2D eigenvalue weighted by molar-refractivity contribution is 5.94. The molecule has 3 aromatic rings. The summed E-state index contributed by atoms with van der Waals surface area (Å²) < 4.78 is 30.0. The van der Waals surface area contributed by atoms with Crippen LogP contribution in [0.15, 0.2) is 35.5 Å². The number of H-pyrrole nitrogens is 1. The summed E-state index contributed by atoms with van der Waals surface area (Å²) in [4.78, 5) is 25.6. The zero-order valence-corrected chi connectivity index (χ0v) is 15.0. The number of methoxy groups -OCH3 is 2. The molecule has 0 saturated carbocycles. The predicted octanol–water partition coefficient (Wildman–Crippen LogP) is 4.53. The minimum Gasteiger partial charge on any atom is -0.493 e. The van der Waals surface area contributed by atoms with Crippen LogP contribution in [0.5, 0.6) is 17.2 Å². The molecule has 0 radical (unpaired) electrons. The van der Waals surface area contributed by atoms with Crippen LogP contribution >= 0.6 is 0 Å². The Bertz CT molecular complexity index is 1030. The van der Waals surface area contributed by atoms with E-state index in [0.29, 0.717) is 22.4 Å². The van der Waals surface area contributed by atoms with Crippen LogP contribution in [0.4, 0.5) is 10.1 Å². The lowest BCUT2D eigenvalue weighted by Gasteiger charge is -2.13. The van der Waals surface area contributed by atoms with Crippen molar-refractivity contribution in [2.45, 2.75) is 13.3 Å². The molecule has 0 unspecified atom stereocenters. The van der Waals surface area contributed by atoms with E-state index in [1.807, 2.05) is 0 Å². The maximum Gasteiger partial charge on any atom is 0.309 e. The summed E-state index contributed by atoms with van der Waals surface area (Å²) in [6.45, 7) is 1.75. The number of hydrogen-bond donors (Lipinski definition) is 1. The van der Waals surface area contributed by atoms with Gasteiger partial charge in [0.05, 0.1) is 26.2 Å². The van der Waals surface area contributed by atoms with Gasteiger partial charge in [-0.15, -0.1) is 4.91 Å². The Morgan fingerprint density at radius 2 is 1.93 bits per heavy atom. The number of halogens is 1. The molecule has 3 rings (SSSR count). The normalized spacial score (nSPS) is 10.7. The van der Waals surface area contributed by atoms with Crippen LogP contribution in [-0.2, 0) is 16.0 Å². The Balaban J connectivity index is 2.02. The van der Waals surface area contributed by atoms with E-state index in [1.165, 1.54) is 14.2 Å². The van der Waals surface area contributed by atoms with Crippen molar-refractivity contribution in [3.8, 4) is 17.2 Å². The molecule has 8 heteroatoms. The molecule has 0 aliphatic carbocycles. The Labute approximate surface area is 154 Å². The Morgan fingerprint density at radius 3 is 2.59 bits per heavy atom. The fraction of sp³-hybridized carbons (Fsp3) is 0.211. The number of nitroso groups, excluding NO2 is 1. The Kier molecular flexibility index (Phi) is 5.07. The third kappa shape index (κ3) is 3.59. The third-order valence-electron chi connectivity index (χ3n) is 4.05. The lowest BCUT2D eigenvalue weighted by Crippen LogP contribution is -2.04. The first-order valence-electron chi connectivity index (χ1n) is 8.03. The van der Waals surface area contributed by atoms with Crippen molar-refractivity contribution < 1.29 is 23.4 Å². The van der Waals surface area contributed by atoms with Crippen molar-refractivity contribution in [1.82, 2.24) is 4.98 Å². The number of nitrogens with one attached hydrogen (secondary N) is 1. The van der Waals surface area contributed by atoms with Crippen LogP contribution in [0.25, 0.3) is 10.9 Å². The molecular formula is C19H17FN2O5. The average molecular weight is 372 g/mol. The number of rotatable bonds is 6. The van der Waals surface area contributed by atoms with Crippen LogP contribution in [-0.4, -0.2) is 25.2 Å². The van der Waals surface area contributed by atoms with E-state index in [9.17, 15) is 14.1 Å². The van der Waals surface area contributed by atoms with Gasteiger partial charge in [-0.3, -0.25) is 4.79 Å². The molecule has 2 aromatic carbocycles. The van der Waals surface area contributed by atoms with Crippen molar-refractivity contribution in [3.63, 3.8) is 0 Å². The molecule has 0 aliphatic heterocycles. The molecule has 0 atom stereocenters. The number of aryl methyl sites for hydroxylation is 1. The first kappa shape index (κ1) is 18.4. The van der Waals surface area contributed by atoms with Crippen LogP contribution < -0.4 is 9.47 Å². The molecule has 27 heavy (non-hydrogen) atoms. The van der Waals surface area contributed by atoms with Crippen molar-refractivity contribution >= 4 is 22.6 Å². The lowest BCUT2D eigenvalue weighted by molar-refractivity contribution is -0.139. The lowest BCUT2D eigenvalue weighted by atomic mass is 10.1. The molecule has 7 nitrogen and oxygen atoms in total. The van der Waals surface area contributed by atoms with Crippen LogP contribution in [0.2, 0.25) is 0 Å². The van der Waals surface area contributed by atoms with Gasteiger partial charge in [0.1, 0.15) is 0 Å². The molecule has 1 heterocycles. The molecule has 0 amide bonds. The smallest absolute Gasteiger partial charge is 0.309 e. The number of aromatic nitrogens is 1. The number of carbonyl (C=O) groups is 1. The summed E-state index contributed by atoms with van der Waals surface area (Å²) in [6, 6.07) is 7.54. The molecule has 0 fully saturated rings. The van der Waals surface area contributed by atoms with Crippen molar-refractivity contribution in [1.29, 1.82) is 0 Å². The van der Waals surface area contributed by atoms with Crippen LogP contribution in [0, 0.1) is 17.6 Å². The van der Waals surface area contributed by atoms with E-state index in [-0.39, 0.29) is 29.1 Å².